The number of thiazole rings is 1. The van der Waals surface area contributed by atoms with Crippen LogP contribution in [-0.4, -0.2) is 47.2 Å². The maximum atomic E-state index is 12.8. The molecule has 0 aliphatic carbocycles. The van der Waals surface area contributed by atoms with Gasteiger partial charge in [-0.15, -0.1) is 11.3 Å². The minimum atomic E-state index is -0.216. The van der Waals surface area contributed by atoms with Crippen LogP contribution in [-0.2, 0) is 4.74 Å². The van der Waals surface area contributed by atoms with Gasteiger partial charge in [0.05, 0.1) is 24.5 Å². The summed E-state index contributed by atoms with van der Waals surface area (Å²) in [6.07, 6.45) is 5.16. The molecule has 1 amide bonds. The first-order valence-electron chi connectivity index (χ1n) is 8.26. The van der Waals surface area contributed by atoms with E-state index < -0.39 is 0 Å². The molecule has 0 bridgehead atoms. The van der Waals surface area contributed by atoms with Crippen LogP contribution < -0.4 is 10.2 Å². The lowest BCUT2D eigenvalue weighted by molar-refractivity contribution is 0.102. The standard InChI is InChI=1S/C18H17N5O2S/c24-17(14-4-2-6-20-16(14)23-7-9-25-10-8-23)22-18-21-15(12-26-18)13-3-1-5-19-11-13/h1-6,11-12H,7-10H2,(H,21,22,24). The summed E-state index contributed by atoms with van der Waals surface area (Å²) < 4.78 is 5.38. The zero-order valence-electron chi connectivity index (χ0n) is 14.0. The Kier molecular flexibility index (Phi) is 4.85. The van der Waals surface area contributed by atoms with E-state index in [9.17, 15) is 4.79 Å². The van der Waals surface area contributed by atoms with Gasteiger partial charge in [-0.1, -0.05) is 0 Å². The first-order chi connectivity index (χ1) is 12.8. The molecule has 26 heavy (non-hydrogen) atoms. The van der Waals surface area contributed by atoms with Gasteiger partial charge >= 0.3 is 0 Å². The van der Waals surface area contributed by atoms with Crippen molar-refractivity contribution in [2.75, 3.05) is 36.5 Å². The Labute approximate surface area is 154 Å². The number of morpholine rings is 1. The SMILES string of the molecule is O=C(Nc1nc(-c2cccnc2)cs1)c1cccnc1N1CCOCC1. The van der Waals surface area contributed by atoms with Gasteiger partial charge in [0.2, 0.25) is 0 Å². The number of carbonyl (C=O) groups is 1. The van der Waals surface area contributed by atoms with E-state index in [1.807, 2.05) is 17.5 Å². The van der Waals surface area contributed by atoms with Gasteiger partial charge in [0.1, 0.15) is 5.82 Å². The van der Waals surface area contributed by atoms with E-state index in [0.717, 1.165) is 24.3 Å². The number of hydrogen-bond donors (Lipinski definition) is 1. The molecule has 1 fully saturated rings. The Morgan fingerprint density at radius 2 is 2.04 bits per heavy atom. The second-order valence-electron chi connectivity index (χ2n) is 5.71. The smallest absolute Gasteiger partial charge is 0.261 e. The third kappa shape index (κ3) is 3.56. The molecule has 0 atom stereocenters. The quantitative estimate of drug-likeness (QED) is 0.764. The number of nitrogens with zero attached hydrogens (tertiary/aromatic N) is 4. The molecule has 3 aromatic heterocycles. The lowest BCUT2D eigenvalue weighted by atomic mass is 10.2. The van der Waals surface area contributed by atoms with E-state index in [0.29, 0.717) is 29.7 Å². The first-order valence-corrected chi connectivity index (χ1v) is 9.14. The van der Waals surface area contributed by atoms with Crippen LogP contribution >= 0.6 is 11.3 Å². The average Bonchev–Trinajstić information content (AvgIpc) is 3.18. The van der Waals surface area contributed by atoms with Gasteiger partial charge in [-0.25, -0.2) is 9.97 Å². The zero-order valence-corrected chi connectivity index (χ0v) is 14.8. The van der Waals surface area contributed by atoms with Gasteiger partial charge in [-0.2, -0.15) is 0 Å². The third-order valence-electron chi connectivity index (χ3n) is 4.02. The molecular formula is C18H17N5O2S. The number of anilines is 2. The molecule has 0 aromatic carbocycles. The van der Waals surface area contributed by atoms with Gasteiger partial charge in [-0.05, 0) is 24.3 Å². The highest BCUT2D eigenvalue weighted by Gasteiger charge is 2.20. The van der Waals surface area contributed by atoms with Crippen molar-refractivity contribution in [3.8, 4) is 11.3 Å². The number of ether oxygens (including phenoxy) is 1. The lowest BCUT2D eigenvalue weighted by Gasteiger charge is -2.29. The predicted molar refractivity (Wildman–Crippen MR) is 101 cm³/mol. The molecule has 1 aliphatic heterocycles. The van der Waals surface area contributed by atoms with Gasteiger partial charge in [0, 0.05) is 42.6 Å². The summed E-state index contributed by atoms with van der Waals surface area (Å²) in [7, 11) is 0. The summed E-state index contributed by atoms with van der Waals surface area (Å²) >= 11 is 1.38. The highest BCUT2D eigenvalue weighted by molar-refractivity contribution is 7.14. The highest BCUT2D eigenvalue weighted by Crippen LogP contribution is 2.25. The maximum absolute atomic E-state index is 12.8. The van der Waals surface area contributed by atoms with Crippen molar-refractivity contribution in [2.24, 2.45) is 0 Å². The maximum Gasteiger partial charge on any atom is 0.261 e. The summed E-state index contributed by atoms with van der Waals surface area (Å²) in [6, 6.07) is 7.34. The Balaban J connectivity index is 1.53. The molecule has 0 unspecified atom stereocenters. The monoisotopic (exact) mass is 367 g/mol. The van der Waals surface area contributed by atoms with Crippen molar-refractivity contribution in [1.29, 1.82) is 0 Å². The Morgan fingerprint density at radius 3 is 2.85 bits per heavy atom. The van der Waals surface area contributed by atoms with Crippen LogP contribution in [0.5, 0.6) is 0 Å². The summed E-state index contributed by atoms with van der Waals surface area (Å²) in [5.74, 6) is 0.462. The Bertz CT molecular complexity index is 893. The van der Waals surface area contributed by atoms with E-state index in [1.165, 1.54) is 11.3 Å². The normalized spacial score (nSPS) is 14.2. The van der Waals surface area contributed by atoms with Crippen molar-refractivity contribution in [1.82, 2.24) is 15.0 Å². The largest absolute Gasteiger partial charge is 0.378 e. The van der Waals surface area contributed by atoms with E-state index >= 15 is 0 Å². The number of rotatable bonds is 4. The summed E-state index contributed by atoms with van der Waals surface area (Å²) in [5.41, 5.74) is 2.24. The molecule has 0 saturated carbocycles. The first kappa shape index (κ1) is 16.6. The number of pyridine rings is 2. The summed E-state index contributed by atoms with van der Waals surface area (Å²) in [4.78, 5) is 27.8. The van der Waals surface area contributed by atoms with E-state index in [4.69, 9.17) is 4.74 Å². The molecule has 0 radical (unpaired) electrons. The second kappa shape index (κ2) is 7.59. The lowest BCUT2D eigenvalue weighted by Crippen LogP contribution is -2.38. The topological polar surface area (TPSA) is 80.2 Å². The molecule has 8 heteroatoms. The number of amides is 1. The number of hydrogen-bond acceptors (Lipinski definition) is 7. The predicted octanol–water partition coefficient (Wildman–Crippen LogP) is 2.69. The molecule has 1 N–H and O–H groups in total. The van der Waals surface area contributed by atoms with Crippen molar-refractivity contribution >= 4 is 28.2 Å². The van der Waals surface area contributed by atoms with Gasteiger partial charge in [0.25, 0.3) is 5.91 Å². The molecule has 7 nitrogen and oxygen atoms in total. The van der Waals surface area contributed by atoms with Crippen molar-refractivity contribution in [2.45, 2.75) is 0 Å². The van der Waals surface area contributed by atoms with Gasteiger partial charge in [0.15, 0.2) is 5.13 Å². The van der Waals surface area contributed by atoms with Crippen LogP contribution in [0.15, 0.2) is 48.2 Å². The average molecular weight is 367 g/mol. The molecule has 0 spiro atoms. The van der Waals surface area contributed by atoms with Crippen molar-refractivity contribution in [3.63, 3.8) is 0 Å². The Hall–Kier alpha value is -2.84. The zero-order chi connectivity index (χ0) is 17.8. The number of aromatic nitrogens is 3. The molecule has 3 aromatic rings. The molecular weight excluding hydrogens is 350 g/mol. The summed E-state index contributed by atoms with van der Waals surface area (Å²) in [5, 5.41) is 5.33. The minimum absolute atomic E-state index is 0.216. The fourth-order valence-corrected chi connectivity index (χ4v) is 3.46. The molecule has 1 aliphatic rings. The summed E-state index contributed by atoms with van der Waals surface area (Å²) in [6.45, 7) is 2.72. The Morgan fingerprint density at radius 1 is 1.19 bits per heavy atom. The van der Waals surface area contributed by atoms with E-state index in [-0.39, 0.29) is 5.91 Å². The second-order valence-corrected chi connectivity index (χ2v) is 6.57. The van der Waals surface area contributed by atoms with Crippen LogP contribution in [0.4, 0.5) is 10.9 Å². The van der Waals surface area contributed by atoms with E-state index in [1.54, 1.807) is 30.7 Å². The van der Waals surface area contributed by atoms with E-state index in [2.05, 4.69) is 25.2 Å². The molecule has 4 heterocycles. The number of carbonyl (C=O) groups excluding carboxylic acids is 1. The molecule has 4 rings (SSSR count). The number of nitrogens with one attached hydrogen (secondary N) is 1. The van der Waals surface area contributed by atoms with Crippen molar-refractivity contribution in [3.05, 3.63) is 53.8 Å². The molecule has 132 valence electrons. The fourth-order valence-electron chi connectivity index (χ4n) is 2.74. The minimum Gasteiger partial charge on any atom is -0.378 e. The molecule has 1 saturated heterocycles. The third-order valence-corrected chi connectivity index (χ3v) is 4.78. The highest BCUT2D eigenvalue weighted by atomic mass is 32.1. The van der Waals surface area contributed by atoms with Gasteiger partial charge < -0.3 is 9.64 Å². The van der Waals surface area contributed by atoms with Gasteiger partial charge in [-0.3, -0.25) is 15.1 Å². The van der Waals surface area contributed by atoms with Crippen LogP contribution in [0.2, 0.25) is 0 Å². The van der Waals surface area contributed by atoms with Crippen LogP contribution in [0.1, 0.15) is 10.4 Å². The fraction of sp³-hybridized carbons (Fsp3) is 0.222. The van der Waals surface area contributed by atoms with Crippen LogP contribution in [0.25, 0.3) is 11.3 Å². The van der Waals surface area contributed by atoms with Crippen LogP contribution in [0.3, 0.4) is 0 Å². The van der Waals surface area contributed by atoms with Crippen LogP contribution in [0, 0.1) is 0 Å². The van der Waals surface area contributed by atoms with Crippen molar-refractivity contribution < 1.29 is 9.53 Å².